The van der Waals surface area contributed by atoms with Gasteiger partial charge in [-0.1, -0.05) is 34.1 Å². The third-order valence-corrected chi connectivity index (χ3v) is 2.00. The summed E-state index contributed by atoms with van der Waals surface area (Å²) in [7, 11) is 0. The second-order valence-electron chi connectivity index (χ2n) is 2.31. The van der Waals surface area contributed by atoms with E-state index in [2.05, 4.69) is 15.9 Å². The third-order valence-electron chi connectivity index (χ3n) is 1.31. The Morgan fingerprint density at radius 2 is 1.82 bits per heavy atom. The minimum Gasteiger partial charge on any atom is -0.360 e. The van der Waals surface area contributed by atoms with Crippen LogP contribution < -0.4 is 11.5 Å². The first-order valence-corrected chi connectivity index (χ1v) is 3.86. The Balaban J connectivity index is 3.14. The Morgan fingerprint density at radius 3 is 2.18 bits per heavy atom. The molecule has 0 unspecified atom stereocenters. The van der Waals surface area contributed by atoms with E-state index in [0.717, 1.165) is 0 Å². The highest BCUT2D eigenvalue weighted by molar-refractivity contribution is 9.10. The average Bonchev–Trinajstić information content (AvgIpc) is 1.86. The van der Waals surface area contributed by atoms with Crippen molar-refractivity contribution >= 4 is 15.9 Å². The van der Waals surface area contributed by atoms with Crippen molar-refractivity contribution in [1.82, 2.24) is 0 Å². The average molecular weight is 217 g/mol. The molecule has 0 spiro atoms. The molecule has 0 aliphatic heterocycles. The van der Waals surface area contributed by atoms with Crippen LogP contribution in [0.4, 0.5) is 0 Å². The molecular formula is C7H9BrN2O. The largest absolute Gasteiger partial charge is 0.360 e. The first kappa shape index (κ1) is 8.67. The maximum atomic E-state index is 9.20. The lowest BCUT2D eigenvalue weighted by Crippen LogP contribution is -2.45. The fourth-order valence-corrected chi connectivity index (χ4v) is 1.39. The molecule has 0 radical (unpaired) electrons. The topological polar surface area (TPSA) is 72.3 Å². The molecule has 0 aliphatic rings. The number of hydrogen-bond acceptors (Lipinski definition) is 3. The van der Waals surface area contributed by atoms with Gasteiger partial charge in [0, 0.05) is 10.0 Å². The zero-order chi connectivity index (χ0) is 8.48. The van der Waals surface area contributed by atoms with Crippen LogP contribution >= 0.6 is 15.9 Å². The first-order valence-electron chi connectivity index (χ1n) is 3.07. The normalized spacial score (nSPS) is 11.6. The van der Waals surface area contributed by atoms with Gasteiger partial charge >= 0.3 is 0 Å². The highest BCUT2D eigenvalue weighted by Gasteiger charge is 2.19. The summed E-state index contributed by atoms with van der Waals surface area (Å²) in [5, 5.41) is 9.20. The van der Waals surface area contributed by atoms with Crippen LogP contribution in [0.1, 0.15) is 5.56 Å². The summed E-state index contributed by atoms with van der Waals surface area (Å²) in [5.74, 6) is -1.76. The predicted octanol–water partition coefficient (Wildman–Crippen LogP) is 0.469. The summed E-state index contributed by atoms with van der Waals surface area (Å²) in [5.41, 5.74) is 11.0. The van der Waals surface area contributed by atoms with Crippen molar-refractivity contribution in [3.8, 4) is 0 Å². The smallest absolute Gasteiger partial charge is 0.195 e. The second kappa shape index (κ2) is 2.91. The molecule has 0 saturated carbocycles. The van der Waals surface area contributed by atoms with Crippen molar-refractivity contribution in [2.45, 2.75) is 5.85 Å². The Bertz CT molecular complexity index is 257. The number of hydrogen-bond donors (Lipinski definition) is 3. The molecule has 0 atom stereocenters. The van der Waals surface area contributed by atoms with E-state index >= 15 is 0 Å². The van der Waals surface area contributed by atoms with Crippen LogP contribution in [0.25, 0.3) is 0 Å². The fraction of sp³-hybridized carbons (Fsp3) is 0.143. The van der Waals surface area contributed by atoms with E-state index in [1.807, 2.05) is 6.07 Å². The maximum absolute atomic E-state index is 9.20. The van der Waals surface area contributed by atoms with Crippen LogP contribution in [0.15, 0.2) is 28.7 Å². The van der Waals surface area contributed by atoms with Crippen LogP contribution in [0.3, 0.4) is 0 Å². The molecule has 5 N–H and O–H groups in total. The molecule has 4 heteroatoms. The SMILES string of the molecule is NC(N)(O)c1ccccc1Br. The summed E-state index contributed by atoms with van der Waals surface area (Å²) in [6.07, 6.45) is 0. The number of rotatable bonds is 1. The van der Waals surface area contributed by atoms with E-state index in [9.17, 15) is 5.11 Å². The van der Waals surface area contributed by atoms with Crippen molar-refractivity contribution in [3.05, 3.63) is 34.3 Å². The quantitative estimate of drug-likeness (QED) is 0.598. The van der Waals surface area contributed by atoms with E-state index in [-0.39, 0.29) is 0 Å². The van der Waals surface area contributed by atoms with Gasteiger partial charge in [-0.25, -0.2) is 0 Å². The van der Waals surface area contributed by atoms with E-state index in [0.29, 0.717) is 10.0 Å². The Kier molecular flexibility index (Phi) is 2.29. The second-order valence-corrected chi connectivity index (χ2v) is 3.16. The Morgan fingerprint density at radius 1 is 1.27 bits per heavy atom. The highest BCUT2D eigenvalue weighted by Crippen LogP contribution is 2.20. The molecule has 0 heterocycles. The van der Waals surface area contributed by atoms with Gasteiger partial charge in [-0.05, 0) is 6.07 Å². The molecule has 11 heavy (non-hydrogen) atoms. The lowest BCUT2D eigenvalue weighted by molar-refractivity contribution is 0.0501. The van der Waals surface area contributed by atoms with Gasteiger partial charge in [0.1, 0.15) is 0 Å². The maximum Gasteiger partial charge on any atom is 0.195 e. The Labute approximate surface area is 73.1 Å². The number of halogens is 1. The monoisotopic (exact) mass is 216 g/mol. The van der Waals surface area contributed by atoms with Crippen LogP contribution in [-0.2, 0) is 5.85 Å². The van der Waals surface area contributed by atoms with Gasteiger partial charge in [-0.3, -0.25) is 11.5 Å². The van der Waals surface area contributed by atoms with Gasteiger partial charge in [0.15, 0.2) is 5.85 Å². The summed E-state index contributed by atoms with van der Waals surface area (Å²) in [6, 6.07) is 6.99. The van der Waals surface area contributed by atoms with Gasteiger partial charge in [-0.2, -0.15) is 0 Å². The molecule has 0 aliphatic carbocycles. The minimum atomic E-state index is -1.76. The molecule has 1 aromatic rings. The van der Waals surface area contributed by atoms with Crippen molar-refractivity contribution in [1.29, 1.82) is 0 Å². The lowest BCUT2D eigenvalue weighted by Gasteiger charge is -2.18. The van der Waals surface area contributed by atoms with Gasteiger partial charge in [0.25, 0.3) is 0 Å². The van der Waals surface area contributed by atoms with Gasteiger partial charge in [0.05, 0.1) is 0 Å². The molecule has 0 fully saturated rings. The van der Waals surface area contributed by atoms with E-state index in [4.69, 9.17) is 11.5 Å². The van der Waals surface area contributed by atoms with Crippen LogP contribution in [0.2, 0.25) is 0 Å². The molecule has 60 valence electrons. The molecule has 1 rings (SSSR count). The van der Waals surface area contributed by atoms with E-state index < -0.39 is 5.85 Å². The highest BCUT2D eigenvalue weighted by atomic mass is 79.9. The van der Waals surface area contributed by atoms with Crippen molar-refractivity contribution in [2.75, 3.05) is 0 Å². The third kappa shape index (κ3) is 2.00. The van der Waals surface area contributed by atoms with Gasteiger partial charge in [-0.15, -0.1) is 0 Å². The standard InChI is InChI=1S/C7H9BrN2O/c8-6-4-2-1-3-5(6)7(9,10)11/h1-4,11H,9-10H2. The van der Waals surface area contributed by atoms with Crippen LogP contribution in [-0.4, -0.2) is 5.11 Å². The lowest BCUT2D eigenvalue weighted by atomic mass is 10.1. The molecule has 0 amide bonds. The molecule has 0 saturated heterocycles. The number of nitrogens with two attached hydrogens (primary N) is 2. The Hall–Kier alpha value is -0.420. The molecule has 0 aromatic heterocycles. The summed E-state index contributed by atoms with van der Waals surface area (Å²) >= 11 is 3.21. The zero-order valence-electron chi connectivity index (χ0n) is 5.79. The van der Waals surface area contributed by atoms with Gasteiger partial charge in [0.2, 0.25) is 0 Å². The van der Waals surface area contributed by atoms with Gasteiger partial charge < -0.3 is 5.11 Å². The summed E-state index contributed by atoms with van der Waals surface area (Å²) in [4.78, 5) is 0. The molecule has 1 aromatic carbocycles. The van der Waals surface area contributed by atoms with Crippen molar-refractivity contribution in [3.63, 3.8) is 0 Å². The summed E-state index contributed by atoms with van der Waals surface area (Å²) in [6.45, 7) is 0. The van der Waals surface area contributed by atoms with Crippen molar-refractivity contribution < 1.29 is 5.11 Å². The predicted molar refractivity (Wildman–Crippen MR) is 46.4 cm³/mol. The summed E-state index contributed by atoms with van der Waals surface area (Å²) < 4.78 is 0.701. The molecular weight excluding hydrogens is 208 g/mol. The minimum absolute atomic E-state index is 0.472. The van der Waals surface area contributed by atoms with Crippen LogP contribution in [0.5, 0.6) is 0 Å². The number of benzene rings is 1. The molecule has 3 nitrogen and oxygen atoms in total. The van der Waals surface area contributed by atoms with Crippen LogP contribution in [0, 0.1) is 0 Å². The first-order chi connectivity index (χ1) is 5.02. The zero-order valence-corrected chi connectivity index (χ0v) is 7.38. The number of aliphatic hydroxyl groups is 1. The van der Waals surface area contributed by atoms with E-state index in [1.165, 1.54) is 0 Å². The van der Waals surface area contributed by atoms with E-state index in [1.54, 1.807) is 18.2 Å². The van der Waals surface area contributed by atoms with Crippen molar-refractivity contribution in [2.24, 2.45) is 11.5 Å². The fourth-order valence-electron chi connectivity index (χ4n) is 0.786. The molecule has 0 bridgehead atoms.